The molecule has 1 aromatic rings. The Balaban J connectivity index is 2.26. The molecule has 0 saturated heterocycles. The van der Waals surface area contributed by atoms with Gasteiger partial charge < -0.3 is 15.2 Å². The molecular weight excluding hydrogens is 222 g/mol. The van der Waals surface area contributed by atoms with E-state index in [1.54, 1.807) is 0 Å². The van der Waals surface area contributed by atoms with Gasteiger partial charge in [-0.1, -0.05) is 29.8 Å². The maximum atomic E-state index is 11.3. The van der Waals surface area contributed by atoms with Gasteiger partial charge in [-0.05, 0) is 12.5 Å². The van der Waals surface area contributed by atoms with Crippen LogP contribution in [0.15, 0.2) is 24.3 Å². The molecule has 0 fully saturated rings. The second-order valence-corrected chi connectivity index (χ2v) is 3.65. The molecule has 0 aliphatic rings. The van der Waals surface area contributed by atoms with Crippen molar-refractivity contribution in [3.8, 4) is 0 Å². The largest absolute Gasteiger partial charge is 0.480 e. The van der Waals surface area contributed by atoms with E-state index in [4.69, 9.17) is 5.11 Å². The standard InChI is InChI=1S/C12H15NO4/c1-9-3-2-4-10(5-9)6-13-11(14)7-17-8-12(15)16/h2-5H,6-8H2,1H3,(H,13,14)(H,15,16). The molecule has 92 valence electrons. The summed E-state index contributed by atoms with van der Waals surface area (Å²) in [6.07, 6.45) is 0. The third kappa shape index (κ3) is 5.67. The number of aliphatic carboxylic acids is 1. The molecule has 0 spiro atoms. The highest BCUT2D eigenvalue weighted by atomic mass is 16.5. The van der Waals surface area contributed by atoms with E-state index in [2.05, 4.69) is 10.1 Å². The van der Waals surface area contributed by atoms with E-state index >= 15 is 0 Å². The zero-order valence-corrected chi connectivity index (χ0v) is 9.60. The summed E-state index contributed by atoms with van der Waals surface area (Å²) in [7, 11) is 0. The Bertz CT molecular complexity index is 403. The Morgan fingerprint density at radius 2 is 2.12 bits per heavy atom. The summed E-state index contributed by atoms with van der Waals surface area (Å²) in [4.78, 5) is 21.4. The molecule has 2 N–H and O–H groups in total. The number of aryl methyl sites for hydroxylation is 1. The fourth-order valence-corrected chi connectivity index (χ4v) is 1.30. The second-order valence-electron chi connectivity index (χ2n) is 3.65. The van der Waals surface area contributed by atoms with E-state index in [1.165, 1.54) is 0 Å². The quantitative estimate of drug-likeness (QED) is 0.764. The molecule has 0 unspecified atom stereocenters. The first-order chi connectivity index (χ1) is 8.08. The zero-order valence-electron chi connectivity index (χ0n) is 9.60. The third-order valence-electron chi connectivity index (χ3n) is 2.03. The van der Waals surface area contributed by atoms with Crippen molar-refractivity contribution < 1.29 is 19.4 Å². The number of ether oxygens (including phenoxy) is 1. The van der Waals surface area contributed by atoms with Crippen LogP contribution in [0.1, 0.15) is 11.1 Å². The van der Waals surface area contributed by atoms with E-state index in [-0.39, 0.29) is 12.5 Å². The average Bonchev–Trinajstić information content (AvgIpc) is 2.26. The number of hydrogen-bond acceptors (Lipinski definition) is 3. The van der Waals surface area contributed by atoms with Crippen molar-refractivity contribution in [1.29, 1.82) is 0 Å². The lowest BCUT2D eigenvalue weighted by molar-refractivity contribution is -0.143. The minimum absolute atomic E-state index is 0.238. The van der Waals surface area contributed by atoms with Crippen LogP contribution in [-0.4, -0.2) is 30.2 Å². The van der Waals surface area contributed by atoms with Crippen molar-refractivity contribution in [2.45, 2.75) is 13.5 Å². The normalized spacial score (nSPS) is 9.94. The van der Waals surface area contributed by atoms with Crippen LogP contribution in [0.3, 0.4) is 0 Å². The van der Waals surface area contributed by atoms with Crippen LogP contribution in [0.25, 0.3) is 0 Å². The maximum absolute atomic E-state index is 11.3. The molecule has 17 heavy (non-hydrogen) atoms. The molecule has 0 heterocycles. The van der Waals surface area contributed by atoms with Gasteiger partial charge >= 0.3 is 5.97 Å². The van der Waals surface area contributed by atoms with Crippen molar-refractivity contribution in [2.75, 3.05) is 13.2 Å². The lowest BCUT2D eigenvalue weighted by Gasteiger charge is -2.05. The van der Waals surface area contributed by atoms with Crippen LogP contribution < -0.4 is 5.32 Å². The van der Waals surface area contributed by atoms with Gasteiger partial charge in [-0.15, -0.1) is 0 Å². The van der Waals surface area contributed by atoms with Crippen molar-refractivity contribution in [3.63, 3.8) is 0 Å². The first kappa shape index (κ1) is 13.2. The third-order valence-corrected chi connectivity index (χ3v) is 2.03. The summed E-state index contributed by atoms with van der Waals surface area (Å²) in [6.45, 7) is 1.69. The molecule has 0 radical (unpaired) electrons. The number of carboxylic acids is 1. The molecule has 0 aliphatic heterocycles. The minimum Gasteiger partial charge on any atom is -0.480 e. The average molecular weight is 237 g/mol. The van der Waals surface area contributed by atoms with Gasteiger partial charge in [-0.3, -0.25) is 4.79 Å². The maximum Gasteiger partial charge on any atom is 0.329 e. The van der Waals surface area contributed by atoms with Crippen molar-refractivity contribution in [2.24, 2.45) is 0 Å². The van der Waals surface area contributed by atoms with Crippen molar-refractivity contribution >= 4 is 11.9 Å². The van der Waals surface area contributed by atoms with Gasteiger partial charge in [-0.25, -0.2) is 4.79 Å². The van der Waals surface area contributed by atoms with Crippen LogP contribution >= 0.6 is 0 Å². The predicted molar refractivity (Wildman–Crippen MR) is 61.5 cm³/mol. The van der Waals surface area contributed by atoms with E-state index in [1.807, 2.05) is 31.2 Å². The first-order valence-corrected chi connectivity index (χ1v) is 5.19. The van der Waals surface area contributed by atoms with Crippen molar-refractivity contribution in [1.82, 2.24) is 5.32 Å². The van der Waals surface area contributed by atoms with Crippen LogP contribution in [0, 0.1) is 6.92 Å². The lowest BCUT2D eigenvalue weighted by atomic mass is 10.1. The van der Waals surface area contributed by atoms with E-state index in [0.717, 1.165) is 11.1 Å². The number of carbonyl (C=O) groups excluding carboxylic acids is 1. The summed E-state index contributed by atoms with van der Waals surface area (Å²) in [5.74, 6) is -1.41. The van der Waals surface area contributed by atoms with Gasteiger partial charge in [0.15, 0.2) is 0 Å². The SMILES string of the molecule is Cc1cccc(CNC(=O)COCC(=O)O)c1. The molecule has 1 aromatic carbocycles. The summed E-state index contributed by atoms with van der Waals surface area (Å²) >= 11 is 0. The molecular formula is C12H15NO4. The van der Waals surface area contributed by atoms with Gasteiger partial charge in [0.05, 0.1) is 0 Å². The van der Waals surface area contributed by atoms with Crippen molar-refractivity contribution in [3.05, 3.63) is 35.4 Å². The number of rotatable bonds is 6. The second kappa shape index (κ2) is 6.65. The van der Waals surface area contributed by atoms with Gasteiger partial charge in [0.2, 0.25) is 5.91 Å². The molecule has 5 nitrogen and oxygen atoms in total. The van der Waals surface area contributed by atoms with Gasteiger partial charge in [0, 0.05) is 6.54 Å². The topological polar surface area (TPSA) is 75.6 Å². The number of carbonyl (C=O) groups is 2. The van der Waals surface area contributed by atoms with E-state index in [0.29, 0.717) is 6.54 Å². The van der Waals surface area contributed by atoms with Gasteiger partial charge in [0.1, 0.15) is 13.2 Å². The summed E-state index contributed by atoms with van der Waals surface area (Å²) in [6, 6.07) is 7.77. The molecule has 1 rings (SSSR count). The highest BCUT2D eigenvalue weighted by Gasteiger charge is 2.03. The Morgan fingerprint density at radius 3 is 2.76 bits per heavy atom. The smallest absolute Gasteiger partial charge is 0.329 e. The van der Waals surface area contributed by atoms with E-state index < -0.39 is 12.6 Å². The van der Waals surface area contributed by atoms with E-state index in [9.17, 15) is 9.59 Å². The highest BCUT2D eigenvalue weighted by Crippen LogP contribution is 2.02. The van der Waals surface area contributed by atoms with Gasteiger partial charge in [-0.2, -0.15) is 0 Å². The van der Waals surface area contributed by atoms with Crippen LogP contribution in [0.5, 0.6) is 0 Å². The number of carboxylic acid groups (broad SMARTS) is 1. The number of amides is 1. The summed E-state index contributed by atoms with van der Waals surface area (Å²) in [5, 5.41) is 11.0. The zero-order chi connectivity index (χ0) is 12.7. The molecule has 0 bridgehead atoms. The van der Waals surface area contributed by atoms with Crippen LogP contribution in [0.2, 0.25) is 0 Å². The minimum atomic E-state index is -1.09. The first-order valence-electron chi connectivity index (χ1n) is 5.19. The monoisotopic (exact) mass is 237 g/mol. The summed E-state index contributed by atoms with van der Waals surface area (Å²) in [5.41, 5.74) is 2.12. The van der Waals surface area contributed by atoms with Gasteiger partial charge in [0.25, 0.3) is 0 Å². The molecule has 0 aromatic heterocycles. The predicted octanol–water partition coefficient (Wildman–Crippen LogP) is 0.712. The Morgan fingerprint density at radius 1 is 1.35 bits per heavy atom. The lowest BCUT2D eigenvalue weighted by Crippen LogP contribution is -2.28. The molecule has 0 atom stereocenters. The fourth-order valence-electron chi connectivity index (χ4n) is 1.30. The fraction of sp³-hybridized carbons (Fsp3) is 0.333. The Kier molecular flexibility index (Phi) is 5.16. The molecule has 5 heteroatoms. The Hall–Kier alpha value is -1.88. The van der Waals surface area contributed by atoms with Crippen LogP contribution in [-0.2, 0) is 20.9 Å². The number of benzene rings is 1. The van der Waals surface area contributed by atoms with Crippen LogP contribution in [0.4, 0.5) is 0 Å². The molecule has 1 amide bonds. The molecule has 0 saturated carbocycles. The molecule has 0 aliphatic carbocycles. The number of nitrogens with one attached hydrogen (secondary N) is 1. The highest BCUT2D eigenvalue weighted by molar-refractivity contribution is 5.77. The Labute approximate surface area is 99.4 Å². The number of hydrogen-bond donors (Lipinski definition) is 2. The summed E-state index contributed by atoms with van der Waals surface area (Å²) < 4.78 is 4.66.